The lowest BCUT2D eigenvalue weighted by Gasteiger charge is -2.24. The number of rotatable bonds is 8. The first-order chi connectivity index (χ1) is 13.1. The van der Waals surface area contributed by atoms with Crippen LogP contribution in [0.2, 0.25) is 0 Å². The van der Waals surface area contributed by atoms with Gasteiger partial charge in [-0.3, -0.25) is 4.99 Å². The van der Waals surface area contributed by atoms with E-state index in [1.807, 2.05) is 50.4 Å². The molecule has 6 heteroatoms. The highest BCUT2D eigenvalue weighted by Gasteiger charge is 2.11. The Hall–Kier alpha value is -2.89. The maximum Gasteiger partial charge on any atom is 0.193 e. The van der Waals surface area contributed by atoms with E-state index in [0.717, 1.165) is 29.8 Å². The van der Waals surface area contributed by atoms with Gasteiger partial charge >= 0.3 is 0 Å². The van der Waals surface area contributed by atoms with E-state index in [0.29, 0.717) is 6.54 Å². The molecule has 0 bridgehead atoms. The van der Waals surface area contributed by atoms with Crippen LogP contribution in [0.1, 0.15) is 12.5 Å². The number of hydrogen-bond donors (Lipinski definition) is 1. The molecule has 0 aromatic heterocycles. The summed E-state index contributed by atoms with van der Waals surface area (Å²) in [5.41, 5.74) is 1.18. The third-order valence-electron chi connectivity index (χ3n) is 4.10. The van der Waals surface area contributed by atoms with E-state index in [9.17, 15) is 0 Å². The summed E-state index contributed by atoms with van der Waals surface area (Å²) >= 11 is 0. The van der Waals surface area contributed by atoms with Crippen LogP contribution >= 0.6 is 0 Å². The summed E-state index contributed by atoms with van der Waals surface area (Å²) in [6.45, 7) is 3.37. The summed E-state index contributed by atoms with van der Waals surface area (Å²) in [7, 11) is 7.09. The van der Waals surface area contributed by atoms with Gasteiger partial charge in [-0.05, 0) is 36.8 Å². The van der Waals surface area contributed by atoms with Crippen LogP contribution in [0, 0.1) is 0 Å². The molecule has 0 heterocycles. The number of nitrogens with zero attached hydrogens (tertiary/aromatic N) is 2. The van der Waals surface area contributed by atoms with E-state index in [2.05, 4.69) is 27.3 Å². The standard InChI is InChI=1S/C21H29N3O3/c1-16(27-20-9-7-6-8-19(20)26-5)14-23-21(22-2)24(3)15-17-10-12-18(25-4)13-11-17/h6-13,16H,14-15H2,1-5H3,(H,22,23). The average molecular weight is 371 g/mol. The fourth-order valence-electron chi connectivity index (χ4n) is 2.67. The molecular formula is C21H29N3O3. The summed E-state index contributed by atoms with van der Waals surface area (Å²) in [5.74, 6) is 3.12. The fraction of sp³-hybridized carbons (Fsp3) is 0.381. The molecule has 2 aromatic rings. The molecule has 27 heavy (non-hydrogen) atoms. The summed E-state index contributed by atoms with van der Waals surface area (Å²) in [6.07, 6.45) is -0.0487. The molecule has 1 unspecified atom stereocenters. The minimum Gasteiger partial charge on any atom is -0.497 e. The van der Waals surface area contributed by atoms with Crippen molar-refractivity contribution in [2.75, 3.05) is 34.9 Å². The van der Waals surface area contributed by atoms with Crippen LogP contribution in [0.3, 0.4) is 0 Å². The Kier molecular flexibility index (Phi) is 7.79. The third-order valence-corrected chi connectivity index (χ3v) is 4.10. The molecule has 6 nitrogen and oxygen atoms in total. The normalized spacial score (nSPS) is 12.3. The molecule has 0 fully saturated rings. The Morgan fingerprint density at radius 2 is 1.70 bits per heavy atom. The quantitative estimate of drug-likeness (QED) is 0.571. The minimum absolute atomic E-state index is 0.0487. The summed E-state index contributed by atoms with van der Waals surface area (Å²) in [4.78, 5) is 6.42. The Balaban J connectivity index is 1.88. The Morgan fingerprint density at radius 3 is 2.30 bits per heavy atom. The van der Waals surface area contributed by atoms with E-state index in [1.165, 1.54) is 5.56 Å². The van der Waals surface area contributed by atoms with Gasteiger partial charge in [0.05, 0.1) is 20.8 Å². The van der Waals surface area contributed by atoms with Crippen LogP contribution in [0.5, 0.6) is 17.2 Å². The zero-order valence-corrected chi connectivity index (χ0v) is 16.7. The number of benzene rings is 2. The van der Waals surface area contributed by atoms with E-state index < -0.39 is 0 Å². The maximum absolute atomic E-state index is 5.98. The molecule has 0 radical (unpaired) electrons. The van der Waals surface area contributed by atoms with Crippen molar-refractivity contribution in [1.82, 2.24) is 10.2 Å². The number of methoxy groups -OCH3 is 2. The monoisotopic (exact) mass is 371 g/mol. The molecule has 1 N–H and O–H groups in total. The number of guanidine groups is 1. The Bertz CT molecular complexity index is 732. The van der Waals surface area contributed by atoms with Gasteiger partial charge in [-0.2, -0.15) is 0 Å². The predicted octanol–water partition coefficient (Wildman–Crippen LogP) is 3.18. The highest BCUT2D eigenvalue weighted by Crippen LogP contribution is 2.26. The van der Waals surface area contributed by atoms with Gasteiger partial charge in [-0.1, -0.05) is 24.3 Å². The highest BCUT2D eigenvalue weighted by molar-refractivity contribution is 5.79. The predicted molar refractivity (Wildman–Crippen MR) is 109 cm³/mol. The second-order valence-corrected chi connectivity index (χ2v) is 6.21. The van der Waals surface area contributed by atoms with E-state index in [-0.39, 0.29) is 6.10 Å². The maximum atomic E-state index is 5.98. The van der Waals surface area contributed by atoms with Crippen LogP contribution in [0.15, 0.2) is 53.5 Å². The molecule has 0 saturated carbocycles. The number of aliphatic imine (C=N–C) groups is 1. The van der Waals surface area contributed by atoms with E-state index in [4.69, 9.17) is 14.2 Å². The van der Waals surface area contributed by atoms with Crippen molar-refractivity contribution >= 4 is 5.96 Å². The molecule has 2 aromatic carbocycles. The topological polar surface area (TPSA) is 55.3 Å². The molecule has 0 saturated heterocycles. The number of hydrogen-bond acceptors (Lipinski definition) is 4. The molecule has 1 atom stereocenters. The molecule has 2 rings (SSSR count). The average Bonchev–Trinajstić information content (AvgIpc) is 2.69. The SMILES string of the molecule is CN=C(NCC(C)Oc1ccccc1OC)N(C)Cc1ccc(OC)cc1. The van der Waals surface area contributed by atoms with Crippen molar-refractivity contribution in [2.24, 2.45) is 4.99 Å². The first kappa shape index (κ1) is 20.4. The van der Waals surface area contributed by atoms with Gasteiger partial charge in [0.25, 0.3) is 0 Å². The lowest BCUT2D eigenvalue weighted by Crippen LogP contribution is -2.42. The van der Waals surface area contributed by atoms with Gasteiger partial charge in [-0.15, -0.1) is 0 Å². The molecule has 0 amide bonds. The number of nitrogens with one attached hydrogen (secondary N) is 1. The van der Waals surface area contributed by atoms with E-state index in [1.54, 1.807) is 21.3 Å². The van der Waals surface area contributed by atoms with Gasteiger partial charge in [-0.25, -0.2) is 0 Å². The second kappa shape index (κ2) is 10.3. The molecule has 0 aliphatic heterocycles. The summed E-state index contributed by atoms with van der Waals surface area (Å²) < 4.78 is 16.5. The van der Waals surface area contributed by atoms with Crippen LogP contribution < -0.4 is 19.5 Å². The van der Waals surface area contributed by atoms with Crippen molar-refractivity contribution in [3.63, 3.8) is 0 Å². The lowest BCUT2D eigenvalue weighted by molar-refractivity contribution is 0.212. The molecule has 0 aliphatic carbocycles. The largest absolute Gasteiger partial charge is 0.497 e. The fourth-order valence-corrected chi connectivity index (χ4v) is 2.67. The van der Waals surface area contributed by atoms with Crippen LogP contribution in [-0.2, 0) is 6.54 Å². The van der Waals surface area contributed by atoms with Crippen LogP contribution in [-0.4, -0.2) is 51.8 Å². The van der Waals surface area contributed by atoms with Crippen molar-refractivity contribution in [2.45, 2.75) is 19.6 Å². The van der Waals surface area contributed by atoms with Crippen molar-refractivity contribution in [3.8, 4) is 17.2 Å². The van der Waals surface area contributed by atoms with Crippen LogP contribution in [0.4, 0.5) is 0 Å². The first-order valence-electron chi connectivity index (χ1n) is 8.91. The third kappa shape index (κ3) is 6.09. The van der Waals surface area contributed by atoms with Gasteiger partial charge in [0, 0.05) is 20.6 Å². The summed E-state index contributed by atoms with van der Waals surface area (Å²) in [5, 5.41) is 3.35. The van der Waals surface area contributed by atoms with Gasteiger partial charge < -0.3 is 24.4 Å². The van der Waals surface area contributed by atoms with Crippen LogP contribution in [0.25, 0.3) is 0 Å². The smallest absolute Gasteiger partial charge is 0.193 e. The zero-order valence-electron chi connectivity index (χ0n) is 16.7. The van der Waals surface area contributed by atoms with Crippen molar-refractivity contribution < 1.29 is 14.2 Å². The lowest BCUT2D eigenvalue weighted by atomic mass is 10.2. The zero-order chi connectivity index (χ0) is 19.6. The molecule has 0 aliphatic rings. The van der Waals surface area contributed by atoms with Gasteiger partial charge in [0.15, 0.2) is 17.5 Å². The first-order valence-corrected chi connectivity index (χ1v) is 8.91. The number of para-hydroxylation sites is 2. The minimum atomic E-state index is -0.0487. The van der Waals surface area contributed by atoms with Crippen molar-refractivity contribution in [3.05, 3.63) is 54.1 Å². The highest BCUT2D eigenvalue weighted by atomic mass is 16.5. The summed E-state index contributed by atoms with van der Waals surface area (Å²) in [6, 6.07) is 15.7. The Morgan fingerprint density at radius 1 is 1.04 bits per heavy atom. The molecule has 0 spiro atoms. The van der Waals surface area contributed by atoms with Crippen molar-refractivity contribution in [1.29, 1.82) is 0 Å². The second-order valence-electron chi connectivity index (χ2n) is 6.21. The number of ether oxygens (including phenoxy) is 3. The van der Waals surface area contributed by atoms with Gasteiger partial charge in [0.1, 0.15) is 11.9 Å². The molecule has 146 valence electrons. The van der Waals surface area contributed by atoms with Gasteiger partial charge in [0.2, 0.25) is 0 Å². The Labute approximate surface area is 161 Å². The molecular weight excluding hydrogens is 342 g/mol. The van der Waals surface area contributed by atoms with E-state index >= 15 is 0 Å².